The molecule has 0 radical (unpaired) electrons. The number of amides is 1. The summed E-state index contributed by atoms with van der Waals surface area (Å²) < 4.78 is 0. The minimum absolute atomic E-state index is 0.0244. The first-order valence-corrected chi connectivity index (χ1v) is 7.79. The molecule has 5 heteroatoms. The van der Waals surface area contributed by atoms with Gasteiger partial charge in [0.15, 0.2) is 10.7 Å². The molecule has 1 amide bonds. The summed E-state index contributed by atoms with van der Waals surface area (Å²) in [6.07, 6.45) is 0. The average Bonchev–Trinajstić information content (AvgIpc) is 2.98. The number of para-hydroxylation sites is 1. The van der Waals surface area contributed by atoms with Gasteiger partial charge >= 0.3 is 0 Å². The van der Waals surface area contributed by atoms with Gasteiger partial charge in [0.05, 0.1) is 5.71 Å². The van der Waals surface area contributed by atoms with Gasteiger partial charge in [-0.15, -0.1) is 0 Å². The Morgan fingerprint density at radius 1 is 1.00 bits per heavy atom. The number of thiocarbonyl (C=S) groups is 1. The molecule has 0 fully saturated rings. The SMILES string of the molecule is CN1C(=O)C2(C(c3ccccc3)=NC(=S)N2C)c2ccccc21. The minimum atomic E-state index is -0.968. The highest BCUT2D eigenvalue weighted by Crippen LogP contribution is 2.47. The van der Waals surface area contributed by atoms with Gasteiger partial charge in [0.2, 0.25) is 0 Å². The van der Waals surface area contributed by atoms with E-state index in [0.29, 0.717) is 10.8 Å². The fourth-order valence-corrected chi connectivity index (χ4v) is 3.74. The third kappa shape index (κ3) is 1.63. The van der Waals surface area contributed by atoms with E-state index in [2.05, 4.69) is 4.99 Å². The Morgan fingerprint density at radius 3 is 2.39 bits per heavy atom. The second-order valence-corrected chi connectivity index (χ2v) is 6.12. The molecule has 2 aromatic carbocycles. The molecular weight excluding hydrogens is 306 g/mol. The van der Waals surface area contributed by atoms with Crippen molar-refractivity contribution in [2.45, 2.75) is 5.54 Å². The molecule has 114 valence electrons. The standard InChI is InChI=1S/C18H15N3OS/c1-20-14-11-7-6-10-13(14)18(16(20)22)15(19-17(23)21(18)2)12-8-4-3-5-9-12/h3-11H,1-2H3. The van der Waals surface area contributed by atoms with Crippen LogP contribution in [0.15, 0.2) is 59.6 Å². The Labute approximate surface area is 140 Å². The van der Waals surface area contributed by atoms with Crippen LogP contribution in [0.3, 0.4) is 0 Å². The topological polar surface area (TPSA) is 35.9 Å². The molecule has 2 aromatic rings. The van der Waals surface area contributed by atoms with Gasteiger partial charge < -0.3 is 9.80 Å². The largest absolute Gasteiger partial charge is 0.327 e. The molecule has 0 N–H and O–H groups in total. The van der Waals surface area contributed by atoms with Gasteiger partial charge in [0.25, 0.3) is 5.91 Å². The van der Waals surface area contributed by atoms with Crippen LogP contribution < -0.4 is 4.90 Å². The number of aliphatic imine (C=N–C) groups is 1. The van der Waals surface area contributed by atoms with E-state index < -0.39 is 5.54 Å². The zero-order valence-corrected chi connectivity index (χ0v) is 13.7. The Bertz CT molecular complexity index is 862. The second kappa shape index (κ2) is 4.73. The molecule has 2 aliphatic heterocycles. The number of anilines is 1. The fraction of sp³-hybridized carbons (Fsp3) is 0.167. The summed E-state index contributed by atoms with van der Waals surface area (Å²) in [5.41, 5.74) is 2.48. The number of likely N-dealkylation sites (N-methyl/N-ethyl adjacent to an activating group) is 2. The van der Waals surface area contributed by atoms with Crippen molar-refractivity contribution in [2.24, 2.45) is 4.99 Å². The van der Waals surface area contributed by atoms with Crippen LogP contribution in [0.2, 0.25) is 0 Å². The summed E-state index contributed by atoms with van der Waals surface area (Å²) in [5, 5.41) is 0.433. The van der Waals surface area contributed by atoms with Gasteiger partial charge in [-0.3, -0.25) is 4.79 Å². The van der Waals surface area contributed by atoms with Gasteiger partial charge in [-0.1, -0.05) is 48.5 Å². The number of benzene rings is 2. The lowest BCUT2D eigenvalue weighted by Crippen LogP contribution is -2.53. The maximum atomic E-state index is 13.3. The Balaban J connectivity index is 2.04. The summed E-state index contributed by atoms with van der Waals surface area (Å²) in [7, 11) is 3.64. The average molecular weight is 321 g/mol. The predicted octanol–water partition coefficient (Wildman–Crippen LogP) is 2.58. The van der Waals surface area contributed by atoms with E-state index in [0.717, 1.165) is 16.8 Å². The Morgan fingerprint density at radius 2 is 1.65 bits per heavy atom. The molecule has 0 aromatic heterocycles. The highest BCUT2D eigenvalue weighted by atomic mass is 32.1. The zero-order chi connectivity index (χ0) is 16.2. The zero-order valence-electron chi connectivity index (χ0n) is 12.9. The summed E-state index contributed by atoms with van der Waals surface area (Å²) in [4.78, 5) is 21.4. The second-order valence-electron chi connectivity index (χ2n) is 5.76. The van der Waals surface area contributed by atoms with E-state index in [-0.39, 0.29) is 5.91 Å². The first kappa shape index (κ1) is 14.1. The molecule has 2 heterocycles. The number of nitrogens with zero attached hydrogens (tertiary/aromatic N) is 3. The maximum Gasteiger partial charge on any atom is 0.263 e. The molecular formula is C18H15N3OS. The van der Waals surface area contributed by atoms with Gasteiger partial charge in [0, 0.05) is 25.3 Å². The van der Waals surface area contributed by atoms with Crippen LogP contribution in [0, 0.1) is 0 Å². The Hall–Kier alpha value is -2.53. The van der Waals surface area contributed by atoms with E-state index in [1.807, 2.05) is 66.5 Å². The summed E-state index contributed by atoms with van der Waals surface area (Å²) in [6.45, 7) is 0. The van der Waals surface area contributed by atoms with Crippen LogP contribution in [0.5, 0.6) is 0 Å². The highest BCUT2D eigenvalue weighted by Gasteiger charge is 2.60. The number of hydrogen-bond acceptors (Lipinski definition) is 2. The molecule has 0 aliphatic carbocycles. The molecule has 2 aliphatic rings. The molecule has 4 nitrogen and oxygen atoms in total. The van der Waals surface area contributed by atoms with Crippen molar-refractivity contribution in [1.29, 1.82) is 0 Å². The number of hydrogen-bond donors (Lipinski definition) is 0. The van der Waals surface area contributed by atoms with Crippen molar-refractivity contribution in [3.05, 3.63) is 65.7 Å². The number of fused-ring (bicyclic) bond motifs is 2. The van der Waals surface area contributed by atoms with E-state index in [1.165, 1.54) is 0 Å². The molecule has 0 saturated carbocycles. The van der Waals surface area contributed by atoms with Crippen molar-refractivity contribution >= 4 is 34.6 Å². The third-order valence-electron chi connectivity index (χ3n) is 4.66. The summed E-state index contributed by atoms with van der Waals surface area (Å²) in [5.74, 6) is -0.0244. The molecule has 1 atom stereocenters. The molecule has 23 heavy (non-hydrogen) atoms. The van der Waals surface area contributed by atoms with Crippen LogP contribution in [-0.4, -0.2) is 35.7 Å². The van der Waals surface area contributed by atoms with Crippen molar-refractivity contribution in [1.82, 2.24) is 4.90 Å². The number of carbonyl (C=O) groups is 1. The highest BCUT2D eigenvalue weighted by molar-refractivity contribution is 7.80. The molecule has 4 rings (SSSR count). The number of carbonyl (C=O) groups excluding carboxylic acids is 1. The van der Waals surface area contributed by atoms with Crippen LogP contribution >= 0.6 is 12.2 Å². The monoisotopic (exact) mass is 321 g/mol. The van der Waals surface area contributed by atoms with Crippen LogP contribution in [0.1, 0.15) is 11.1 Å². The smallest absolute Gasteiger partial charge is 0.263 e. The van der Waals surface area contributed by atoms with E-state index in [9.17, 15) is 4.79 Å². The maximum absolute atomic E-state index is 13.3. The van der Waals surface area contributed by atoms with Crippen molar-refractivity contribution in [3.8, 4) is 0 Å². The molecule has 1 spiro atoms. The van der Waals surface area contributed by atoms with Crippen LogP contribution in [0.4, 0.5) is 5.69 Å². The van der Waals surface area contributed by atoms with Crippen LogP contribution in [0.25, 0.3) is 0 Å². The van der Waals surface area contributed by atoms with Crippen molar-refractivity contribution < 1.29 is 4.79 Å². The fourth-order valence-electron chi connectivity index (χ4n) is 3.52. The Kier molecular flexibility index (Phi) is 2.90. The quantitative estimate of drug-likeness (QED) is 0.758. The van der Waals surface area contributed by atoms with Gasteiger partial charge in [-0.25, -0.2) is 4.99 Å². The van der Waals surface area contributed by atoms with E-state index in [4.69, 9.17) is 12.2 Å². The molecule has 1 unspecified atom stereocenters. The van der Waals surface area contributed by atoms with Gasteiger partial charge in [-0.2, -0.15) is 0 Å². The summed E-state index contributed by atoms with van der Waals surface area (Å²) in [6, 6.07) is 17.6. The first-order chi connectivity index (χ1) is 11.1. The van der Waals surface area contributed by atoms with E-state index in [1.54, 1.807) is 11.9 Å². The predicted molar refractivity (Wildman–Crippen MR) is 94.9 cm³/mol. The minimum Gasteiger partial charge on any atom is -0.327 e. The van der Waals surface area contributed by atoms with Crippen molar-refractivity contribution in [2.75, 3.05) is 19.0 Å². The lowest BCUT2D eigenvalue weighted by molar-refractivity contribution is -0.123. The van der Waals surface area contributed by atoms with E-state index >= 15 is 0 Å². The first-order valence-electron chi connectivity index (χ1n) is 7.38. The normalized spacial score (nSPS) is 22.8. The lowest BCUT2D eigenvalue weighted by atomic mass is 9.82. The van der Waals surface area contributed by atoms with Crippen molar-refractivity contribution in [3.63, 3.8) is 0 Å². The molecule has 0 saturated heterocycles. The van der Waals surface area contributed by atoms with Crippen LogP contribution in [-0.2, 0) is 10.3 Å². The number of rotatable bonds is 1. The van der Waals surface area contributed by atoms with Gasteiger partial charge in [0.1, 0.15) is 0 Å². The lowest BCUT2D eigenvalue weighted by Gasteiger charge is -2.33. The third-order valence-corrected chi connectivity index (χ3v) is 5.02. The molecule has 0 bridgehead atoms. The summed E-state index contributed by atoms with van der Waals surface area (Å²) >= 11 is 5.42. The van der Waals surface area contributed by atoms with Gasteiger partial charge in [-0.05, 0) is 23.8 Å².